The summed E-state index contributed by atoms with van der Waals surface area (Å²) in [5.41, 5.74) is 0.738. The molecule has 0 aliphatic heterocycles. The Morgan fingerprint density at radius 1 is 1.13 bits per heavy atom. The van der Waals surface area contributed by atoms with Crippen LogP contribution in [0, 0.1) is 0 Å². The van der Waals surface area contributed by atoms with Crippen molar-refractivity contribution in [1.29, 1.82) is 0 Å². The third-order valence-electron chi connectivity index (χ3n) is 2.87. The van der Waals surface area contributed by atoms with E-state index in [-0.39, 0.29) is 17.1 Å². The number of carbonyl (C=O) groups is 1. The van der Waals surface area contributed by atoms with Gasteiger partial charge in [-0.05, 0) is 36.4 Å². The zero-order valence-electron chi connectivity index (χ0n) is 11.9. The minimum absolute atomic E-state index is 0.0987. The van der Waals surface area contributed by atoms with E-state index in [4.69, 9.17) is 16.3 Å². The number of rotatable bonds is 4. The molecular formula is C15H12ClF3N2O2. The minimum Gasteiger partial charge on any atom is -0.494 e. The van der Waals surface area contributed by atoms with Crippen LogP contribution in [-0.4, -0.2) is 19.2 Å². The number of benzene rings is 2. The quantitative estimate of drug-likeness (QED) is 0.852. The number of ether oxygens (including phenoxy) is 1. The lowest BCUT2D eigenvalue weighted by Crippen LogP contribution is -2.30. The number of carbonyl (C=O) groups excluding carboxylic acids is 1. The molecule has 0 unspecified atom stereocenters. The van der Waals surface area contributed by atoms with Crippen LogP contribution in [0.2, 0.25) is 5.02 Å². The van der Waals surface area contributed by atoms with Crippen LogP contribution >= 0.6 is 11.6 Å². The predicted octanol–water partition coefficient (Wildman–Crippen LogP) is 4.59. The first-order valence-corrected chi connectivity index (χ1v) is 6.77. The first-order valence-electron chi connectivity index (χ1n) is 6.39. The Kier molecular flexibility index (Phi) is 5.00. The number of nitrogens with one attached hydrogen (secondary N) is 2. The number of hydrogen-bond donors (Lipinski definition) is 2. The van der Waals surface area contributed by atoms with E-state index in [9.17, 15) is 18.0 Å². The summed E-state index contributed by atoms with van der Waals surface area (Å²) in [6.45, 7) is 0. The molecule has 0 fully saturated rings. The molecule has 0 spiro atoms. The molecule has 2 aromatic rings. The summed E-state index contributed by atoms with van der Waals surface area (Å²) in [5, 5.41) is 5.25. The van der Waals surface area contributed by atoms with Gasteiger partial charge in [-0.2, -0.15) is 13.2 Å². The lowest BCUT2D eigenvalue weighted by molar-refractivity contribution is -0.167. The van der Waals surface area contributed by atoms with Gasteiger partial charge in [-0.25, -0.2) is 0 Å². The number of methoxy groups -OCH3 is 1. The molecule has 2 rings (SSSR count). The van der Waals surface area contributed by atoms with Gasteiger partial charge in [0.15, 0.2) is 0 Å². The van der Waals surface area contributed by atoms with Crippen LogP contribution in [0.5, 0.6) is 5.75 Å². The summed E-state index contributed by atoms with van der Waals surface area (Å²) >= 11 is 5.78. The van der Waals surface area contributed by atoms with Crippen LogP contribution in [-0.2, 0) is 4.79 Å². The van der Waals surface area contributed by atoms with E-state index < -0.39 is 12.1 Å². The van der Waals surface area contributed by atoms with E-state index in [2.05, 4.69) is 5.32 Å². The Morgan fingerprint density at radius 2 is 1.78 bits per heavy atom. The first kappa shape index (κ1) is 17.0. The van der Waals surface area contributed by atoms with Crippen LogP contribution in [0.25, 0.3) is 0 Å². The Morgan fingerprint density at radius 3 is 2.35 bits per heavy atom. The van der Waals surface area contributed by atoms with Crippen molar-refractivity contribution in [2.24, 2.45) is 0 Å². The zero-order valence-corrected chi connectivity index (χ0v) is 12.6. The van der Waals surface area contributed by atoms with Gasteiger partial charge in [0.05, 0.1) is 12.8 Å². The molecule has 0 aromatic heterocycles. The zero-order chi connectivity index (χ0) is 17.0. The lowest BCUT2D eigenvalue weighted by atomic mass is 10.2. The van der Waals surface area contributed by atoms with Crippen molar-refractivity contribution in [2.75, 3.05) is 17.7 Å². The Bertz CT molecular complexity index is 703. The van der Waals surface area contributed by atoms with E-state index in [0.29, 0.717) is 10.7 Å². The molecule has 0 saturated heterocycles. The molecule has 23 heavy (non-hydrogen) atoms. The van der Waals surface area contributed by atoms with Gasteiger partial charge in [0.25, 0.3) is 0 Å². The van der Waals surface area contributed by atoms with Crippen molar-refractivity contribution in [3.63, 3.8) is 0 Å². The van der Waals surface area contributed by atoms with Crippen molar-refractivity contribution in [3.8, 4) is 5.75 Å². The van der Waals surface area contributed by atoms with Gasteiger partial charge in [0.2, 0.25) is 0 Å². The van der Waals surface area contributed by atoms with E-state index in [0.717, 1.165) is 0 Å². The monoisotopic (exact) mass is 344 g/mol. The van der Waals surface area contributed by atoms with Gasteiger partial charge in [0.1, 0.15) is 11.4 Å². The predicted molar refractivity (Wildman–Crippen MR) is 82.4 cm³/mol. The first-order chi connectivity index (χ1) is 10.8. The van der Waals surface area contributed by atoms with Crippen LogP contribution in [0.4, 0.5) is 30.2 Å². The van der Waals surface area contributed by atoms with Crippen molar-refractivity contribution < 1.29 is 22.7 Å². The molecule has 0 atom stereocenters. The summed E-state index contributed by atoms with van der Waals surface area (Å²) < 4.78 is 42.5. The number of halogens is 4. The molecular weight excluding hydrogens is 333 g/mol. The van der Waals surface area contributed by atoms with Crippen LogP contribution < -0.4 is 15.4 Å². The standard InChI is InChI=1S/C15H12ClF3N2O2/c1-23-12-4-2-3-11(13(12)21-14(22)15(17,18)19)20-10-7-5-9(16)6-8-10/h2-8,20H,1H3,(H,21,22). The molecule has 0 aliphatic rings. The second kappa shape index (κ2) is 6.78. The van der Waals surface area contributed by atoms with Gasteiger partial charge >= 0.3 is 12.1 Å². The lowest BCUT2D eigenvalue weighted by Gasteiger charge is -2.17. The molecule has 0 saturated carbocycles. The highest BCUT2D eigenvalue weighted by atomic mass is 35.5. The number of anilines is 3. The molecule has 122 valence electrons. The van der Waals surface area contributed by atoms with Crippen LogP contribution in [0.15, 0.2) is 42.5 Å². The third-order valence-corrected chi connectivity index (χ3v) is 3.12. The molecule has 1 amide bonds. The van der Waals surface area contributed by atoms with Crippen molar-refractivity contribution in [1.82, 2.24) is 0 Å². The largest absolute Gasteiger partial charge is 0.494 e. The molecule has 0 heterocycles. The van der Waals surface area contributed by atoms with E-state index in [1.54, 1.807) is 30.3 Å². The Hall–Kier alpha value is -2.41. The smallest absolute Gasteiger partial charge is 0.471 e. The SMILES string of the molecule is COc1cccc(Nc2ccc(Cl)cc2)c1NC(=O)C(F)(F)F. The number of alkyl halides is 3. The fourth-order valence-corrected chi connectivity index (χ4v) is 1.93. The number of hydrogen-bond acceptors (Lipinski definition) is 3. The summed E-state index contributed by atoms with van der Waals surface area (Å²) in [7, 11) is 1.30. The van der Waals surface area contributed by atoms with Gasteiger partial charge < -0.3 is 15.4 Å². The fourth-order valence-electron chi connectivity index (χ4n) is 1.81. The van der Waals surface area contributed by atoms with Crippen molar-refractivity contribution in [2.45, 2.75) is 6.18 Å². The highest BCUT2D eigenvalue weighted by molar-refractivity contribution is 6.30. The summed E-state index contributed by atoms with van der Waals surface area (Å²) in [5.74, 6) is -1.98. The van der Waals surface area contributed by atoms with Gasteiger partial charge in [-0.1, -0.05) is 17.7 Å². The average molecular weight is 345 g/mol. The third kappa shape index (κ3) is 4.29. The molecule has 2 N–H and O–H groups in total. The van der Waals surface area contributed by atoms with Gasteiger partial charge in [0, 0.05) is 10.7 Å². The molecule has 8 heteroatoms. The summed E-state index contributed by atoms with van der Waals surface area (Å²) in [6.07, 6.45) is -5.00. The minimum atomic E-state index is -5.00. The molecule has 4 nitrogen and oxygen atoms in total. The maximum atomic E-state index is 12.5. The number of amides is 1. The average Bonchev–Trinajstić information content (AvgIpc) is 2.50. The highest BCUT2D eigenvalue weighted by Gasteiger charge is 2.39. The fraction of sp³-hybridized carbons (Fsp3) is 0.133. The van der Waals surface area contributed by atoms with Gasteiger partial charge in [-0.15, -0.1) is 0 Å². The summed E-state index contributed by atoms with van der Waals surface area (Å²) in [6, 6.07) is 11.1. The Labute approximate surface area is 135 Å². The molecule has 0 radical (unpaired) electrons. The maximum Gasteiger partial charge on any atom is 0.471 e. The summed E-state index contributed by atoms with van der Waals surface area (Å²) in [4.78, 5) is 11.2. The number of para-hydroxylation sites is 1. The van der Waals surface area contributed by atoms with E-state index in [1.807, 2.05) is 5.32 Å². The van der Waals surface area contributed by atoms with E-state index >= 15 is 0 Å². The van der Waals surface area contributed by atoms with Gasteiger partial charge in [-0.3, -0.25) is 4.79 Å². The topological polar surface area (TPSA) is 50.4 Å². The molecule has 0 bridgehead atoms. The van der Waals surface area contributed by atoms with Crippen LogP contribution in [0.1, 0.15) is 0 Å². The highest BCUT2D eigenvalue weighted by Crippen LogP contribution is 2.35. The van der Waals surface area contributed by atoms with Crippen molar-refractivity contribution in [3.05, 3.63) is 47.5 Å². The second-order valence-corrected chi connectivity index (χ2v) is 4.90. The Balaban J connectivity index is 2.35. The molecule has 0 aliphatic carbocycles. The van der Waals surface area contributed by atoms with Crippen molar-refractivity contribution >= 4 is 34.6 Å². The van der Waals surface area contributed by atoms with E-state index in [1.165, 1.54) is 19.2 Å². The van der Waals surface area contributed by atoms with Crippen LogP contribution in [0.3, 0.4) is 0 Å². The maximum absolute atomic E-state index is 12.5. The second-order valence-electron chi connectivity index (χ2n) is 4.47. The normalized spacial score (nSPS) is 11.0. The molecule has 2 aromatic carbocycles.